The standard InChI is InChI=1S/C20H21ClN2O3/c1-3-26-18-10-4-14(12-19(18)25-2)5-11-20(24)23-17(13-22)15-6-8-16(21)9-7-15/h4,6-10,12,17H,3,5,11H2,1-2H3,(H,23,24). The van der Waals surface area contributed by atoms with Gasteiger partial charge < -0.3 is 14.8 Å². The summed E-state index contributed by atoms with van der Waals surface area (Å²) in [7, 11) is 1.58. The lowest BCUT2D eigenvalue weighted by atomic mass is 10.1. The van der Waals surface area contributed by atoms with Crippen LogP contribution in [0.4, 0.5) is 0 Å². The Balaban J connectivity index is 1.95. The maximum Gasteiger partial charge on any atom is 0.221 e. The van der Waals surface area contributed by atoms with E-state index in [1.165, 1.54) is 0 Å². The highest BCUT2D eigenvalue weighted by Crippen LogP contribution is 2.28. The lowest BCUT2D eigenvalue weighted by Crippen LogP contribution is -2.27. The third-order valence-electron chi connectivity index (χ3n) is 3.81. The smallest absolute Gasteiger partial charge is 0.221 e. The third-order valence-corrected chi connectivity index (χ3v) is 4.06. The number of halogens is 1. The highest BCUT2D eigenvalue weighted by molar-refractivity contribution is 6.30. The van der Waals surface area contributed by atoms with Gasteiger partial charge in [-0.1, -0.05) is 29.8 Å². The molecule has 0 radical (unpaired) electrons. The molecule has 1 N–H and O–H groups in total. The predicted octanol–water partition coefficient (Wildman–Crippen LogP) is 4.06. The molecule has 6 heteroatoms. The summed E-state index contributed by atoms with van der Waals surface area (Å²) in [6, 6.07) is 13.8. The Morgan fingerprint density at radius 1 is 1.23 bits per heavy atom. The fourth-order valence-electron chi connectivity index (χ4n) is 2.48. The minimum atomic E-state index is -0.699. The van der Waals surface area contributed by atoms with Crippen LogP contribution in [0.15, 0.2) is 42.5 Å². The molecule has 2 rings (SSSR count). The van der Waals surface area contributed by atoms with Gasteiger partial charge in [0.1, 0.15) is 6.04 Å². The second-order valence-electron chi connectivity index (χ2n) is 5.60. The fraction of sp³-hybridized carbons (Fsp3) is 0.300. The first-order chi connectivity index (χ1) is 12.6. The number of carbonyl (C=O) groups excluding carboxylic acids is 1. The summed E-state index contributed by atoms with van der Waals surface area (Å²) in [5.74, 6) is 1.12. The first-order valence-corrected chi connectivity index (χ1v) is 8.69. The van der Waals surface area contributed by atoms with Crippen molar-refractivity contribution in [1.82, 2.24) is 5.32 Å². The lowest BCUT2D eigenvalue weighted by Gasteiger charge is -2.13. The highest BCUT2D eigenvalue weighted by atomic mass is 35.5. The number of nitrogens with one attached hydrogen (secondary N) is 1. The number of amides is 1. The number of hydrogen-bond acceptors (Lipinski definition) is 4. The van der Waals surface area contributed by atoms with Crippen LogP contribution in [-0.4, -0.2) is 19.6 Å². The van der Waals surface area contributed by atoms with Crippen molar-refractivity contribution in [2.45, 2.75) is 25.8 Å². The molecule has 1 unspecified atom stereocenters. The number of aryl methyl sites for hydroxylation is 1. The van der Waals surface area contributed by atoms with Gasteiger partial charge >= 0.3 is 0 Å². The number of rotatable bonds is 8. The van der Waals surface area contributed by atoms with Crippen LogP contribution in [0.5, 0.6) is 11.5 Å². The minimum Gasteiger partial charge on any atom is -0.493 e. The summed E-state index contributed by atoms with van der Waals surface area (Å²) in [6.07, 6.45) is 0.802. The Morgan fingerprint density at radius 2 is 1.96 bits per heavy atom. The van der Waals surface area contributed by atoms with E-state index in [9.17, 15) is 10.1 Å². The van der Waals surface area contributed by atoms with E-state index < -0.39 is 6.04 Å². The van der Waals surface area contributed by atoms with E-state index in [1.807, 2.05) is 25.1 Å². The summed E-state index contributed by atoms with van der Waals surface area (Å²) in [6.45, 7) is 2.46. The van der Waals surface area contributed by atoms with E-state index in [0.717, 1.165) is 5.56 Å². The number of carbonyl (C=O) groups is 1. The average molecular weight is 373 g/mol. The summed E-state index contributed by atoms with van der Waals surface area (Å²) < 4.78 is 10.8. The van der Waals surface area contributed by atoms with Crippen molar-refractivity contribution >= 4 is 17.5 Å². The van der Waals surface area contributed by atoms with E-state index >= 15 is 0 Å². The van der Waals surface area contributed by atoms with Crippen molar-refractivity contribution in [2.24, 2.45) is 0 Å². The van der Waals surface area contributed by atoms with Crippen molar-refractivity contribution in [3.8, 4) is 17.6 Å². The molecule has 0 aliphatic carbocycles. The molecule has 0 aromatic heterocycles. The van der Waals surface area contributed by atoms with Gasteiger partial charge in [0.25, 0.3) is 0 Å². The molecule has 0 aliphatic rings. The Kier molecular flexibility index (Phi) is 7.31. The Labute approximate surface area is 158 Å². The first kappa shape index (κ1) is 19.6. The molecule has 0 aliphatic heterocycles. The summed E-state index contributed by atoms with van der Waals surface area (Å²) >= 11 is 5.85. The van der Waals surface area contributed by atoms with Crippen LogP contribution < -0.4 is 14.8 Å². The second kappa shape index (κ2) is 9.69. The minimum absolute atomic E-state index is 0.195. The Hall–Kier alpha value is -2.71. The van der Waals surface area contributed by atoms with Crippen molar-refractivity contribution in [1.29, 1.82) is 5.26 Å². The van der Waals surface area contributed by atoms with E-state index in [4.69, 9.17) is 21.1 Å². The predicted molar refractivity (Wildman–Crippen MR) is 100 cm³/mol. The molecular formula is C20H21ClN2O3. The SMILES string of the molecule is CCOc1ccc(CCC(=O)NC(C#N)c2ccc(Cl)cc2)cc1OC. The fourth-order valence-corrected chi connectivity index (χ4v) is 2.60. The number of benzene rings is 2. The van der Waals surface area contributed by atoms with E-state index in [-0.39, 0.29) is 12.3 Å². The summed E-state index contributed by atoms with van der Waals surface area (Å²) in [4.78, 5) is 12.2. The van der Waals surface area contributed by atoms with Crippen molar-refractivity contribution in [3.05, 3.63) is 58.6 Å². The van der Waals surface area contributed by atoms with Crippen LogP contribution in [0, 0.1) is 11.3 Å². The molecule has 26 heavy (non-hydrogen) atoms. The van der Waals surface area contributed by atoms with Crippen molar-refractivity contribution in [3.63, 3.8) is 0 Å². The molecule has 0 spiro atoms. The average Bonchev–Trinajstić information content (AvgIpc) is 2.66. The lowest BCUT2D eigenvalue weighted by molar-refractivity contribution is -0.121. The van der Waals surface area contributed by atoms with Crippen LogP contribution >= 0.6 is 11.6 Å². The molecule has 0 heterocycles. The zero-order chi connectivity index (χ0) is 18.9. The number of nitrogens with zero attached hydrogens (tertiary/aromatic N) is 1. The van der Waals surface area contributed by atoms with Crippen molar-refractivity contribution in [2.75, 3.05) is 13.7 Å². The molecule has 5 nitrogen and oxygen atoms in total. The topological polar surface area (TPSA) is 71.3 Å². The van der Waals surface area contributed by atoms with E-state index in [2.05, 4.69) is 11.4 Å². The zero-order valence-electron chi connectivity index (χ0n) is 14.8. The van der Waals surface area contributed by atoms with Crippen LogP contribution in [0.25, 0.3) is 0 Å². The summed E-state index contributed by atoms with van der Waals surface area (Å²) in [5, 5.41) is 12.6. The Morgan fingerprint density at radius 3 is 2.58 bits per heavy atom. The van der Waals surface area contributed by atoms with Crippen LogP contribution in [0.1, 0.15) is 30.5 Å². The molecule has 0 bridgehead atoms. The maximum absolute atomic E-state index is 12.2. The monoisotopic (exact) mass is 372 g/mol. The van der Waals surface area contributed by atoms with Gasteiger partial charge in [-0.3, -0.25) is 4.79 Å². The highest BCUT2D eigenvalue weighted by Gasteiger charge is 2.14. The molecule has 1 atom stereocenters. The van der Waals surface area contributed by atoms with E-state index in [1.54, 1.807) is 31.4 Å². The number of methoxy groups -OCH3 is 1. The van der Waals surface area contributed by atoms with Gasteiger partial charge in [-0.2, -0.15) is 5.26 Å². The largest absolute Gasteiger partial charge is 0.493 e. The zero-order valence-corrected chi connectivity index (χ0v) is 15.5. The van der Waals surface area contributed by atoms with Crippen molar-refractivity contribution < 1.29 is 14.3 Å². The van der Waals surface area contributed by atoms with Gasteiger partial charge in [-0.15, -0.1) is 0 Å². The molecule has 2 aromatic carbocycles. The molecule has 136 valence electrons. The molecule has 0 saturated carbocycles. The summed E-state index contributed by atoms with van der Waals surface area (Å²) in [5.41, 5.74) is 1.66. The quantitative estimate of drug-likeness (QED) is 0.758. The van der Waals surface area contributed by atoms with Gasteiger partial charge in [0, 0.05) is 11.4 Å². The van der Waals surface area contributed by atoms with Gasteiger partial charge in [0.05, 0.1) is 19.8 Å². The Bertz CT molecular complexity index is 785. The maximum atomic E-state index is 12.2. The van der Waals surface area contributed by atoms with Crippen LogP contribution in [-0.2, 0) is 11.2 Å². The number of hydrogen-bond donors (Lipinski definition) is 1. The molecule has 0 fully saturated rings. The third kappa shape index (κ3) is 5.40. The normalized spacial score (nSPS) is 11.3. The van der Waals surface area contributed by atoms with Crippen LogP contribution in [0.2, 0.25) is 5.02 Å². The molecule has 1 amide bonds. The first-order valence-electron chi connectivity index (χ1n) is 8.31. The number of ether oxygens (including phenoxy) is 2. The van der Waals surface area contributed by atoms with Gasteiger partial charge in [0.15, 0.2) is 11.5 Å². The number of nitriles is 1. The molecule has 0 saturated heterocycles. The van der Waals surface area contributed by atoms with Gasteiger partial charge in [0.2, 0.25) is 5.91 Å². The molecule has 2 aromatic rings. The van der Waals surface area contributed by atoms with Crippen LogP contribution in [0.3, 0.4) is 0 Å². The van der Waals surface area contributed by atoms with E-state index in [0.29, 0.717) is 35.1 Å². The van der Waals surface area contributed by atoms with Gasteiger partial charge in [-0.25, -0.2) is 0 Å². The molecular weight excluding hydrogens is 352 g/mol. The second-order valence-corrected chi connectivity index (χ2v) is 6.04. The van der Waals surface area contributed by atoms with Gasteiger partial charge in [-0.05, 0) is 48.7 Å².